The van der Waals surface area contributed by atoms with E-state index in [0.717, 1.165) is 51.4 Å². The maximum Gasteiger partial charge on any atom is 0.155 e. The Balaban J connectivity index is 1.74. The van der Waals surface area contributed by atoms with Crippen LogP contribution >= 0.6 is 12.2 Å². The largest absolute Gasteiger partial charge is 0.299 e. The van der Waals surface area contributed by atoms with Crippen molar-refractivity contribution < 1.29 is 9.59 Å². The lowest BCUT2D eigenvalue weighted by Crippen LogP contribution is -2.51. The molecule has 4 aliphatic rings. The summed E-state index contributed by atoms with van der Waals surface area (Å²) in [6.07, 6.45) is 10.8. The van der Waals surface area contributed by atoms with Crippen molar-refractivity contribution in [2.24, 2.45) is 28.6 Å². The van der Waals surface area contributed by atoms with E-state index in [1.807, 2.05) is 11.4 Å². The van der Waals surface area contributed by atoms with E-state index in [4.69, 9.17) is 12.2 Å². The molecule has 0 aliphatic heterocycles. The second-order valence-electron chi connectivity index (χ2n) is 8.50. The molecule has 0 aromatic carbocycles. The Kier molecular flexibility index (Phi) is 3.64. The van der Waals surface area contributed by atoms with Gasteiger partial charge in [0.05, 0.1) is 0 Å². The van der Waals surface area contributed by atoms with Crippen LogP contribution in [-0.4, -0.2) is 16.9 Å². The van der Waals surface area contributed by atoms with Gasteiger partial charge in [0.25, 0.3) is 0 Å². The molecule has 124 valence electrons. The highest BCUT2D eigenvalue weighted by Gasteiger charge is 2.59. The summed E-state index contributed by atoms with van der Waals surface area (Å²) in [6.45, 7) is 2.23. The molecule has 0 aromatic rings. The molecule has 3 fully saturated rings. The van der Waals surface area contributed by atoms with Crippen LogP contribution in [0.15, 0.2) is 11.6 Å². The van der Waals surface area contributed by atoms with E-state index in [9.17, 15) is 9.59 Å². The zero-order valence-electron chi connectivity index (χ0n) is 14.0. The number of Topliss-reactive ketones (excluding diaryl/α,β-unsaturated/α-hetero) is 1. The predicted octanol–water partition coefficient (Wildman–Crippen LogP) is 4.46. The third-order valence-electron chi connectivity index (χ3n) is 7.84. The van der Waals surface area contributed by atoms with Crippen molar-refractivity contribution in [2.75, 3.05) is 0 Å². The molecule has 0 N–H and O–H groups in total. The van der Waals surface area contributed by atoms with Gasteiger partial charge >= 0.3 is 0 Å². The zero-order valence-corrected chi connectivity index (χ0v) is 14.8. The third kappa shape index (κ3) is 2.08. The zero-order chi connectivity index (χ0) is 16.2. The summed E-state index contributed by atoms with van der Waals surface area (Å²) < 4.78 is 0. The summed E-state index contributed by atoms with van der Waals surface area (Å²) in [5.41, 5.74) is 1.45. The van der Waals surface area contributed by atoms with Crippen molar-refractivity contribution in [1.29, 1.82) is 0 Å². The Bertz CT molecular complexity index is 607. The van der Waals surface area contributed by atoms with E-state index in [-0.39, 0.29) is 10.8 Å². The van der Waals surface area contributed by atoms with Gasteiger partial charge in [-0.2, -0.15) is 0 Å². The topological polar surface area (TPSA) is 34.1 Å². The Labute approximate surface area is 144 Å². The number of ketones is 2. The van der Waals surface area contributed by atoms with Crippen molar-refractivity contribution in [3.8, 4) is 0 Å². The normalized spacial score (nSPS) is 45.8. The molecule has 4 rings (SSSR count). The molecule has 0 aromatic heterocycles. The first-order valence-corrected chi connectivity index (χ1v) is 9.69. The predicted molar refractivity (Wildman–Crippen MR) is 94.3 cm³/mol. The fraction of sp³-hybridized carbons (Fsp3) is 0.750. The minimum absolute atomic E-state index is 0.0638. The van der Waals surface area contributed by atoms with Crippen LogP contribution in [0.3, 0.4) is 0 Å². The van der Waals surface area contributed by atoms with Gasteiger partial charge < -0.3 is 0 Å². The van der Waals surface area contributed by atoms with Gasteiger partial charge in [0.2, 0.25) is 0 Å². The number of carbonyl (C=O) groups is 2. The van der Waals surface area contributed by atoms with E-state index in [2.05, 4.69) is 6.92 Å². The van der Waals surface area contributed by atoms with Gasteiger partial charge in [-0.3, -0.25) is 9.59 Å². The molecule has 0 bridgehead atoms. The van der Waals surface area contributed by atoms with Crippen molar-refractivity contribution in [3.05, 3.63) is 11.6 Å². The highest BCUT2D eigenvalue weighted by Crippen LogP contribution is 2.65. The van der Waals surface area contributed by atoms with Crippen LogP contribution in [0.4, 0.5) is 0 Å². The molecule has 0 amide bonds. The monoisotopic (exact) mass is 330 g/mol. The average molecular weight is 330 g/mol. The van der Waals surface area contributed by atoms with E-state index in [1.54, 1.807) is 0 Å². The Morgan fingerprint density at radius 1 is 1.13 bits per heavy atom. The van der Waals surface area contributed by atoms with Gasteiger partial charge in [-0.25, -0.2) is 0 Å². The van der Waals surface area contributed by atoms with Crippen molar-refractivity contribution in [3.63, 3.8) is 0 Å². The van der Waals surface area contributed by atoms with Crippen LogP contribution in [0.5, 0.6) is 0 Å². The summed E-state index contributed by atoms with van der Waals surface area (Å²) >= 11 is 5.26. The molecular weight excluding hydrogens is 304 g/mol. The minimum atomic E-state index is -0.0638. The average Bonchev–Trinajstić information content (AvgIpc) is 2.84. The van der Waals surface area contributed by atoms with Crippen LogP contribution in [0.25, 0.3) is 0 Å². The van der Waals surface area contributed by atoms with Gasteiger partial charge in [0, 0.05) is 18.3 Å². The van der Waals surface area contributed by atoms with Crippen LogP contribution in [0.2, 0.25) is 0 Å². The van der Waals surface area contributed by atoms with Crippen LogP contribution in [0.1, 0.15) is 64.7 Å². The highest BCUT2D eigenvalue weighted by atomic mass is 32.1. The molecule has 0 unspecified atom stereocenters. The summed E-state index contributed by atoms with van der Waals surface area (Å²) in [4.78, 5) is 24.4. The van der Waals surface area contributed by atoms with Crippen molar-refractivity contribution in [1.82, 2.24) is 0 Å². The number of carbonyl (C=O) groups excluding carboxylic acids is 2. The van der Waals surface area contributed by atoms with E-state index in [0.29, 0.717) is 35.7 Å². The molecule has 23 heavy (non-hydrogen) atoms. The second kappa shape index (κ2) is 5.34. The fourth-order valence-electron chi connectivity index (χ4n) is 6.66. The molecule has 3 heteroatoms. The minimum Gasteiger partial charge on any atom is -0.299 e. The highest BCUT2D eigenvalue weighted by molar-refractivity contribution is 7.78. The molecular formula is C20H26O2S. The quantitative estimate of drug-likeness (QED) is 0.701. The Morgan fingerprint density at radius 3 is 2.74 bits per heavy atom. The standard InChI is InChI=1S/C20H26O2S/c1-19-8-7-17-15(16(19)4-5-18(19)22)3-2-13-12-14(21)6-9-20(13,17)10-11-23/h11-12,15-17H,2-10H2,1H3/t15-,16-,17-,19-,20+/m0/s1. The maximum absolute atomic E-state index is 12.5. The molecule has 0 radical (unpaired) electrons. The van der Waals surface area contributed by atoms with E-state index < -0.39 is 0 Å². The van der Waals surface area contributed by atoms with Crippen molar-refractivity contribution in [2.45, 2.75) is 64.7 Å². The number of hydrogen-bond acceptors (Lipinski definition) is 3. The Hall–Kier alpha value is -0.830. The lowest BCUT2D eigenvalue weighted by Gasteiger charge is -2.57. The molecule has 4 aliphatic carbocycles. The summed E-state index contributed by atoms with van der Waals surface area (Å²) in [5.74, 6) is 2.65. The third-order valence-corrected chi connectivity index (χ3v) is 8.01. The summed E-state index contributed by atoms with van der Waals surface area (Å²) in [6, 6.07) is 0. The summed E-state index contributed by atoms with van der Waals surface area (Å²) in [7, 11) is 0. The van der Waals surface area contributed by atoms with Crippen molar-refractivity contribution >= 4 is 29.2 Å². The number of allylic oxidation sites excluding steroid dienone is 1. The first kappa shape index (κ1) is 15.7. The number of thiocarbonyl (C=S) groups is 1. The lowest BCUT2D eigenvalue weighted by atomic mass is 9.46. The smallest absolute Gasteiger partial charge is 0.155 e. The number of fused-ring (bicyclic) bond motifs is 5. The molecule has 0 spiro atoms. The van der Waals surface area contributed by atoms with Crippen LogP contribution in [0, 0.1) is 28.6 Å². The number of rotatable bonds is 2. The van der Waals surface area contributed by atoms with Gasteiger partial charge in [-0.05, 0) is 79.6 Å². The maximum atomic E-state index is 12.5. The van der Waals surface area contributed by atoms with E-state index >= 15 is 0 Å². The molecule has 3 saturated carbocycles. The first-order chi connectivity index (χ1) is 11.0. The van der Waals surface area contributed by atoms with Crippen LogP contribution in [-0.2, 0) is 9.59 Å². The molecule has 0 heterocycles. The molecule has 2 nitrogen and oxygen atoms in total. The van der Waals surface area contributed by atoms with E-state index in [1.165, 1.54) is 5.57 Å². The Morgan fingerprint density at radius 2 is 1.96 bits per heavy atom. The molecule has 0 saturated heterocycles. The molecule has 5 atom stereocenters. The SMILES string of the molecule is C[C@]12CC[C@H]3[C@@H](CCC4=CC(=O)CC[C@@]43CC=S)[C@@H]1CCC2=O. The number of hydrogen-bond donors (Lipinski definition) is 0. The van der Waals surface area contributed by atoms with Crippen LogP contribution < -0.4 is 0 Å². The lowest BCUT2D eigenvalue weighted by molar-refractivity contribution is -0.132. The second-order valence-corrected chi connectivity index (χ2v) is 8.83. The van der Waals surface area contributed by atoms with Gasteiger partial charge in [-0.1, -0.05) is 24.7 Å². The van der Waals surface area contributed by atoms with Gasteiger partial charge in [0.1, 0.15) is 5.78 Å². The summed E-state index contributed by atoms with van der Waals surface area (Å²) in [5, 5.41) is 1.90. The first-order valence-electron chi connectivity index (χ1n) is 9.22. The van der Waals surface area contributed by atoms with Gasteiger partial charge in [0.15, 0.2) is 5.78 Å². The van der Waals surface area contributed by atoms with Gasteiger partial charge in [-0.15, -0.1) is 0 Å². The fourth-order valence-corrected chi connectivity index (χ4v) is 6.96.